The molecule has 0 atom stereocenters. The number of nitrogens with zero attached hydrogens (tertiary/aromatic N) is 6. The lowest BCUT2D eigenvalue weighted by atomic mass is 10.2. The number of carbonyl (C=O) groups is 1. The number of hydrogen-bond donors (Lipinski definition) is 0. The quantitative estimate of drug-likeness (QED) is 0.350. The Hall–Kier alpha value is -3.17. The first-order valence-electron chi connectivity index (χ1n) is 6.19. The molecule has 2 aromatic rings. The van der Waals surface area contributed by atoms with Crippen LogP contribution in [-0.2, 0) is 11.4 Å². The summed E-state index contributed by atoms with van der Waals surface area (Å²) in [6, 6.07) is 6.83. The van der Waals surface area contributed by atoms with Crippen LogP contribution in [0.4, 0.5) is 5.95 Å². The van der Waals surface area contributed by atoms with Crippen molar-refractivity contribution in [1.82, 2.24) is 20.2 Å². The van der Waals surface area contributed by atoms with Crippen molar-refractivity contribution in [2.24, 2.45) is 5.16 Å². The van der Waals surface area contributed by atoms with Crippen LogP contribution in [0.15, 0.2) is 29.4 Å². The molecule has 0 N–H and O–H groups in total. The third-order valence-electron chi connectivity index (χ3n) is 2.55. The standard InChI is InChI=1S/C12H12N6O4/c1-8-3-5-10(6-4-8)11(19)22-15-9(2)7-17-14-12(13-16-17)18(20)21/h3-6H,7H2,1-2H3/b15-9+. The lowest BCUT2D eigenvalue weighted by molar-refractivity contribution is -0.394. The summed E-state index contributed by atoms with van der Waals surface area (Å²) >= 11 is 0. The van der Waals surface area contributed by atoms with Crippen LogP contribution in [0.25, 0.3) is 0 Å². The Labute approximate surface area is 124 Å². The minimum atomic E-state index is -0.757. The number of tetrazole rings is 1. The van der Waals surface area contributed by atoms with Crippen molar-refractivity contribution in [3.05, 3.63) is 45.5 Å². The summed E-state index contributed by atoms with van der Waals surface area (Å²) in [6.07, 6.45) is 0. The molecule has 0 fully saturated rings. The Bertz CT molecular complexity index is 721. The molecule has 1 aromatic carbocycles. The third kappa shape index (κ3) is 3.91. The molecule has 0 saturated heterocycles. The van der Waals surface area contributed by atoms with Gasteiger partial charge in [-0.15, -0.1) is 0 Å². The summed E-state index contributed by atoms with van der Waals surface area (Å²) in [5.41, 5.74) is 1.75. The van der Waals surface area contributed by atoms with E-state index in [2.05, 4.69) is 20.6 Å². The van der Waals surface area contributed by atoms with Crippen molar-refractivity contribution in [3.8, 4) is 0 Å². The van der Waals surface area contributed by atoms with E-state index >= 15 is 0 Å². The number of carbonyl (C=O) groups excluding carboxylic acids is 1. The van der Waals surface area contributed by atoms with E-state index in [1.165, 1.54) is 0 Å². The lowest BCUT2D eigenvalue weighted by Gasteiger charge is -2.00. The maximum absolute atomic E-state index is 11.7. The zero-order chi connectivity index (χ0) is 16.1. The van der Waals surface area contributed by atoms with Crippen LogP contribution in [0.1, 0.15) is 22.8 Å². The number of nitro groups is 1. The summed E-state index contributed by atoms with van der Waals surface area (Å²) in [4.78, 5) is 27.2. The van der Waals surface area contributed by atoms with Crippen LogP contribution >= 0.6 is 0 Å². The summed E-state index contributed by atoms with van der Waals surface area (Å²) in [6.45, 7) is 3.49. The van der Waals surface area contributed by atoms with E-state index in [4.69, 9.17) is 4.84 Å². The van der Waals surface area contributed by atoms with Gasteiger partial charge in [0.15, 0.2) is 0 Å². The summed E-state index contributed by atoms with van der Waals surface area (Å²) in [5.74, 6) is -1.21. The first kappa shape index (κ1) is 15.2. The molecule has 10 nitrogen and oxygen atoms in total. The molecule has 0 aliphatic carbocycles. The minimum Gasteiger partial charge on any atom is -0.390 e. The van der Waals surface area contributed by atoms with Crippen molar-refractivity contribution >= 4 is 17.6 Å². The van der Waals surface area contributed by atoms with Gasteiger partial charge >= 0.3 is 11.9 Å². The summed E-state index contributed by atoms with van der Waals surface area (Å²) < 4.78 is 0. The van der Waals surface area contributed by atoms with Crippen molar-refractivity contribution < 1.29 is 14.6 Å². The van der Waals surface area contributed by atoms with Crippen LogP contribution in [0.5, 0.6) is 0 Å². The molecule has 0 saturated carbocycles. The second kappa shape index (κ2) is 6.52. The van der Waals surface area contributed by atoms with Gasteiger partial charge in [0.05, 0.1) is 21.5 Å². The second-order valence-corrected chi connectivity index (χ2v) is 4.45. The third-order valence-corrected chi connectivity index (χ3v) is 2.55. The topological polar surface area (TPSA) is 125 Å². The van der Waals surface area contributed by atoms with Crippen molar-refractivity contribution in [2.45, 2.75) is 20.4 Å². The van der Waals surface area contributed by atoms with Crippen LogP contribution in [0.3, 0.4) is 0 Å². The SMILES string of the molecule is C/C(Cn1nnc([N+](=O)[O-])n1)=N\OC(=O)c1ccc(C)cc1. The maximum Gasteiger partial charge on any atom is 0.514 e. The van der Waals surface area contributed by atoms with E-state index in [9.17, 15) is 14.9 Å². The molecule has 10 heteroatoms. The van der Waals surface area contributed by atoms with Gasteiger partial charge in [0.1, 0.15) is 6.54 Å². The maximum atomic E-state index is 11.7. The molecular formula is C12H12N6O4. The molecule has 1 heterocycles. The number of aromatic nitrogens is 4. The van der Waals surface area contributed by atoms with Crippen molar-refractivity contribution in [1.29, 1.82) is 0 Å². The van der Waals surface area contributed by atoms with Crippen LogP contribution in [0.2, 0.25) is 0 Å². The molecule has 0 aliphatic heterocycles. The molecule has 0 spiro atoms. The molecule has 1 aromatic heterocycles. The molecule has 0 aliphatic rings. The molecule has 22 heavy (non-hydrogen) atoms. The van der Waals surface area contributed by atoms with Crippen LogP contribution < -0.4 is 0 Å². The fraction of sp³-hybridized carbons (Fsp3) is 0.250. The first-order valence-corrected chi connectivity index (χ1v) is 6.19. The molecule has 2 rings (SSSR count). The van der Waals surface area contributed by atoms with Gasteiger partial charge in [-0.1, -0.05) is 27.6 Å². The minimum absolute atomic E-state index is 0.0159. The Balaban J connectivity index is 1.95. The predicted octanol–water partition coefficient (Wildman–Crippen LogP) is 1.12. The monoisotopic (exact) mass is 304 g/mol. The Kier molecular flexibility index (Phi) is 4.51. The fourth-order valence-electron chi connectivity index (χ4n) is 1.47. The van der Waals surface area contributed by atoms with Gasteiger partial charge in [0.25, 0.3) is 0 Å². The average molecular weight is 304 g/mol. The highest BCUT2D eigenvalue weighted by molar-refractivity contribution is 5.90. The summed E-state index contributed by atoms with van der Waals surface area (Å²) in [5, 5.41) is 24.3. The highest BCUT2D eigenvalue weighted by atomic mass is 16.7. The molecule has 0 amide bonds. The number of aryl methyl sites for hydroxylation is 1. The van der Waals surface area contributed by atoms with Gasteiger partial charge in [-0.25, -0.2) is 4.79 Å². The van der Waals surface area contributed by atoms with Gasteiger partial charge in [-0.2, -0.15) is 0 Å². The van der Waals surface area contributed by atoms with Crippen molar-refractivity contribution in [3.63, 3.8) is 0 Å². The Morgan fingerprint density at radius 3 is 2.68 bits per heavy atom. The largest absolute Gasteiger partial charge is 0.514 e. The van der Waals surface area contributed by atoms with Crippen LogP contribution in [0, 0.1) is 17.0 Å². The van der Waals surface area contributed by atoms with E-state index < -0.39 is 16.8 Å². The van der Waals surface area contributed by atoms with Gasteiger partial charge in [-0.3, -0.25) is 0 Å². The van der Waals surface area contributed by atoms with Gasteiger partial charge in [0.2, 0.25) is 0 Å². The molecule has 0 radical (unpaired) electrons. The first-order chi connectivity index (χ1) is 10.5. The average Bonchev–Trinajstić information content (AvgIpc) is 2.94. The van der Waals surface area contributed by atoms with Gasteiger partial charge in [0, 0.05) is 5.21 Å². The fourth-order valence-corrected chi connectivity index (χ4v) is 1.47. The van der Waals surface area contributed by atoms with Crippen molar-refractivity contribution in [2.75, 3.05) is 0 Å². The highest BCUT2D eigenvalue weighted by Crippen LogP contribution is 2.05. The Morgan fingerprint density at radius 1 is 1.41 bits per heavy atom. The van der Waals surface area contributed by atoms with E-state index in [1.54, 1.807) is 31.2 Å². The van der Waals surface area contributed by atoms with E-state index in [1.807, 2.05) is 6.92 Å². The lowest BCUT2D eigenvalue weighted by Crippen LogP contribution is -2.12. The zero-order valence-electron chi connectivity index (χ0n) is 11.8. The highest BCUT2D eigenvalue weighted by Gasteiger charge is 2.16. The number of oxime groups is 1. The van der Waals surface area contributed by atoms with Gasteiger partial charge in [-0.05, 0) is 30.9 Å². The molecule has 0 unspecified atom stereocenters. The number of hydrogen-bond acceptors (Lipinski definition) is 8. The summed E-state index contributed by atoms with van der Waals surface area (Å²) in [7, 11) is 0. The van der Waals surface area contributed by atoms with E-state index in [-0.39, 0.29) is 6.54 Å². The zero-order valence-corrected chi connectivity index (χ0v) is 11.8. The Morgan fingerprint density at radius 2 is 2.09 bits per heavy atom. The number of benzene rings is 1. The molecule has 114 valence electrons. The molecule has 0 bridgehead atoms. The second-order valence-electron chi connectivity index (χ2n) is 4.45. The smallest absolute Gasteiger partial charge is 0.390 e. The normalized spacial score (nSPS) is 11.3. The van der Waals surface area contributed by atoms with Gasteiger partial charge < -0.3 is 15.0 Å². The number of rotatable bonds is 5. The van der Waals surface area contributed by atoms with E-state index in [0.29, 0.717) is 11.3 Å². The predicted molar refractivity (Wildman–Crippen MR) is 74.2 cm³/mol. The van der Waals surface area contributed by atoms with Crippen LogP contribution in [-0.4, -0.2) is 36.8 Å². The molecular weight excluding hydrogens is 292 g/mol. The van der Waals surface area contributed by atoms with E-state index in [0.717, 1.165) is 10.4 Å².